The molecule has 55 heavy (non-hydrogen) atoms. The largest absolute Gasteiger partial charge is 0.380 e. The molecule has 0 unspecified atom stereocenters. The average molecular weight is 825 g/mol. The van der Waals surface area contributed by atoms with Gasteiger partial charge in [-0.25, -0.2) is 0 Å². The van der Waals surface area contributed by atoms with Crippen LogP contribution in [0, 0.1) is 0 Å². The third-order valence-corrected chi connectivity index (χ3v) is 0.611. The molecule has 0 aromatic heterocycles. The molecule has 0 heterocycles. The van der Waals surface area contributed by atoms with Crippen molar-refractivity contribution in [1.29, 1.82) is 0 Å². The third-order valence-electron chi connectivity index (χ3n) is 0.611. The molecule has 0 amide bonds. The molecule has 0 aromatic carbocycles. The van der Waals surface area contributed by atoms with Gasteiger partial charge in [0.25, 0.3) is 0 Å². The molecule has 2 nitrogen and oxygen atoms in total. The summed E-state index contributed by atoms with van der Waals surface area (Å²) in [6.07, 6.45) is 1.08. The molecule has 0 radical (unpaired) electrons. The number of nitrogens with two attached hydrogens (primary N) is 1. The van der Waals surface area contributed by atoms with Crippen molar-refractivity contribution in [3.05, 3.63) is 0 Å². The highest BCUT2D eigenvalue weighted by Gasteiger charge is 1.77. The molecule has 0 fully saturated rings. The summed E-state index contributed by atoms with van der Waals surface area (Å²) in [6.45, 7) is 100. The van der Waals surface area contributed by atoms with E-state index >= 15 is 0 Å². The van der Waals surface area contributed by atoms with Gasteiger partial charge in [0.2, 0.25) is 0 Å². The van der Waals surface area contributed by atoms with Gasteiger partial charge in [0.1, 0.15) is 0 Å². The molecule has 380 valence electrons. The second kappa shape index (κ2) is 6240. The summed E-state index contributed by atoms with van der Waals surface area (Å²) in [5.74, 6) is 0. The van der Waals surface area contributed by atoms with Gasteiger partial charge in [0, 0.05) is 13.2 Å². The van der Waals surface area contributed by atoms with Crippen molar-refractivity contribution in [1.82, 2.24) is 0 Å². The van der Waals surface area contributed by atoms with E-state index in [0.717, 1.165) is 13.0 Å². The molecule has 0 saturated carbocycles. The summed E-state index contributed by atoms with van der Waals surface area (Å²) in [5, 5.41) is 0. The van der Waals surface area contributed by atoms with E-state index in [1.165, 1.54) is 0 Å². The number of ether oxygens (including phenoxy) is 1. The minimum atomic E-state index is 0.639. The van der Waals surface area contributed by atoms with E-state index in [0.29, 0.717) is 13.2 Å². The van der Waals surface area contributed by atoms with Crippen LogP contribution < -0.4 is 5.73 Å². The van der Waals surface area contributed by atoms with E-state index < -0.39 is 0 Å². The highest BCUT2D eigenvalue weighted by Crippen LogP contribution is 1.75. The Hall–Kier alpha value is -0.0800. The lowest BCUT2D eigenvalue weighted by Crippen LogP contribution is -2.08. The first-order valence-electron chi connectivity index (χ1n) is 26.7. The van der Waals surface area contributed by atoms with Crippen LogP contribution >= 0.6 is 0 Å². The van der Waals surface area contributed by atoms with Crippen molar-refractivity contribution >= 4 is 0 Å². The summed E-state index contributed by atoms with van der Waals surface area (Å²) in [5.41, 5.74) is 5.14. The quantitative estimate of drug-likeness (QED) is 0.287. The van der Waals surface area contributed by atoms with Crippen molar-refractivity contribution in [3.8, 4) is 0 Å². The van der Waals surface area contributed by atoms with E-state index in [1.807, 2.05) is 332 Å². The molecule has 0 spiro atoms. The molecule has 0 aliphatic heterocycles. The van der Waals surface area contributed by atoms with E-state index in [2.05, 4.69) is 6.92 Å². The summed E-state index contributed by atoms with van der Waals surface area (Å²) in [4.78, 5) is 0. The lowest BCUT2D eigenvalue weighted by Gasteiger charge is -1.95. The minimum absolute atomic E-state index is 0.639. The van der Waals surface area contributed by atoms with Crippen molar-refractivity contribution < 1.29 is 4.74 Å². The van der Waals surface area contributed by atoms with Crippen LogP contribution in [0.15, 0.2) is 0 Å². The van der Waals surface area contributed by atoms with Crippen LogP contribution in [0.2, 0.25) is 0 Å². The molecule has 0 aliphatic carbocycles. The smallest absolute Gasteiger partial charge is 0.0588 e. The summed E-state index contributed by atoms with van der Waals surface area (Å²) in [7, 11) is 0. The van der Waals surface area contributed by atoms with E-state index in [1.54, 1.807) is 0 Å². The van der Waals surface area contributed by atoms with E-state index in [4.69, 9.17) is 10.5 Å². The molecule has 0 saturated heterocycles. The fourth-order valence-corrected chi connectivity index (χ4v) is 0.330. The van der Waals surface area contributed by atoms with Crippen LogP contribution in [-0.4, -0.2) is 19.8 Å². The molecule has 0 aromatic rings. The monoisotopic (exact) mass is 824 g/mol. The zero-order valence-electron chi connectivity index (χ0n) is 52.8. The Labute approximate surface area is 374 Å². The predicted octanol–water partition coefficient (Wildman–Crippen LogP) is 25.0. The normalized spacial score (nSPS) is 3.82. The third kappa shape index (κ3) is 9460. The average Bonchev–Trinajstić information content (AvgIpc) is 3.41. The number of hydrogen-bond donors (Lipinski definition) is 1. The van der Waals surface area contributed by atoms with Gasteiger partial charge in [0.05, 0.1) is 6.61 Å². The lowest BCUT2D eigenvalue weighted by atomic mass is 10.5. The van der Waals surface area contributed by atoms with Crippen LogP contribution in [0.3, 0.4) is 0 Å². The Morgan fingerprint density at radius 3 is 0.345 bits per heavy atom. The number of hydrogen-bond acceptors (Lipinski definition) is 2. The van der Waals surface area contributed by atoms with Crippen LogP contribution in [-0.2, 0) is 4.74 Å². The standard InChI is InChI=1S/C5H13NO.24C2H6/c1-2-4-7-5-3-6;24*1-2/h2-6H2,1H3;24*1-2H3. The fraction of sp³-hybridized carbons (Fsp3) is 1.00. The first kappa shape index (κ1) is 178. The highest BCUT2D eigenvalue weighted by molar-refractivity contribution is 4.29. The molecular weight excluding hydrogens is 667 g/mol. The molecule has 2 heteroatoms. The Bertz CT molecular complexity index is 33.6. The Morgan fingerprint density at radius 2 is 0.291 bits per heavy atom. The predicted molar refractivity (Wildman–Crippen MR) is 303 cm³/mol. The molecule has 0 bridgehead atoms. The zero-order chi connectivity index (χ0) is 53.5. The lowest BCUT2D eigenvalue weighted by molar-refractivity contribution is 0.142. The van der Waals surface area contributed by atoms with Gasteiger partial charge in [-0.15, -0.1) is 0 Å². The minimum Gasteiger partial charge on any atom is -0.380 e. The van der Waals surface area contributed by atoms with E-state index in [9.17, 15) is 0 Å². The maximum absolute atomic E-state index is 5.14. The number of rotatable bonds is 4. The molecule has 0 aliphatic rings. The SMILES string of the molecule is CC.CC.CC.CC.CC.CC.CC.CC.CC.CC.CC.CC.CC.CC.CC.CC.CC.CC.CC.CC.CC.CC.CC.CC.CCCOCCN. The fourth-order valence-electron chi connectivity index (χ4n) is 0.330. The van der Waals surface area contributed by atoms with Crippen molar-refractivity contribution in [2.75, 3.05) is 19.8 Å². The van der Waals surface area contributed by atoms with Crippen LogP contribution in [0.5, 0.6) is 0 Å². The van der Waals surface area contributed by atoms with Crippen molar-refractivity contribution in [3.63, 3.8) is 0 Å². The molecule has 0 rings (SSSR count). The first-order chi connectivity index (χ1) is 27.4. The van der Waals surface area contributed by atoms with Gasteiger partial charge in [-0.2, -0.15) is 0 Å². The summed E-state index contributed by atoms with van der Waals surface area (Å²) >= 11 is 0. The Kier molecular flexibility index (Phi) is 20200. The summed E-state index contributed by atoms with van der Waals surface area (Å²) in [6, 6.07) is 0. The topological polar surface area (TPSA) is 35.2 Å². The highest BCUT2D eigenvalue weighted by atomic mass is 16.5. The van der Waals surface area contributed by atoms with Gasteiger partial charge in [-0.05, 0) is 6.42 Å². The second-order valence-corrected chi connectivity index (χ2v) is 1.40. The second-order valence-electron chi connectivity index (χ2n) is 1.40. The summed E-state index contributed by atoms with van der Waals surface area (Å²) < 4.78 is 5.01. The van der Waals surface area contributed by atoms with Gasteiger partial charge >= 0.3 is 0 Å². The van der Waals surface area contributed by atoms with Gasteiger partial charge in [-0.1, -0.05) is 339 Å². The van der Waals surface area contributed by atoms with Crippen LogP contribution in [0.1, 0.15) is 346 Å². The maximum Gasteiger partial charge on any atom is 0.0588 e. The maximum atomic E-state index is 5.14. The Morgan fingerprint density at radius 1 is 0.200 bits per heavy atom. The van der Waals surface area contributed by atoms with Crippen LogP contribution in [0.25, 0.3) is 0 Å². The van der Waals surface area contributed by atoms with Crippen LogP contribution in [0.4, 0.5) is 0 Å². The zero-order valence-corrected chi connectivity index (χ0v) is 52.8. The van der Waals surface area contributed by atoms with E-state index in [-0.39, 0.29) is 0 Å². The van der Waals surface area contributed by atoms with Gasteiger partial charge in [0.15, 0.2) is 0 Å². The van der Waals surface area contributed by atoms with Gasteiger partial charge in [-0.3, -0.25) is 0 Å². The molecular formula is C53H157NO. The van der Waals surface area contributed by atoms with Gasteiger partial charge < -0.3 is 10.5 Å². The molecule has 0 atom stereocenters. The molecule has 2 N–H and O–H groups in total. The first-order valence-corrected chi connectivity index (χ1v) is 26.7. The van der Waals surface area contributed by atoms with Crippen molar-refractivity contribution in [2.24, 2.45) is 5.73 Å². The van der Waals surface area contributed by atoms with Crippen molar-refractivity contribution in [2.45, 2.75) is 346 Å². The Balaban J connectivity index is -0.00000000754.